The van der Waals surface area contributed by atoms with Gasteiger partial charge in [-0.25, -0.2) is 0 Å². The molecule has 2 aromatic carbocycles. The summed E-state index contributed by atoms with van der Waals surface area (Å²) in [5, 5.41) is 12.6. The van der Waals surface area contributed by atoms with Crippen molar-refractivity contribution >= 4 is 11.9 Å². The van der Waals surface area contributed by atoms with Gasteiger partial charge in [0.1, 0.15) is 0 Å². The van der Waals surface area contributed by atoms with Gasteiger partial charge in [0.05, 0.1) is 5.41 Å². The number of hydrogen-bond donors (Lipinski definition) is 2. The molecule has 0 bridgehead atoms. The van der Waals surface area contributed by atoms with Crippen molar-refractivity contribution in [2.24, 2.45) is 10.8 Å². The molecule has 0 atom stereocenters. The smallest absolute Gasteiger partial charge is 0.309 e. The number of amides is 1. The van der Waals surface area contributed by atoms with Gasteiger partial charge in [-0.3, -0.25) is 9.59 Å². The molecule has 0 unspecified atom stereocenters. The van der Waals surface area contributed by atoms with Crippen molar-refractivity contribution in [3.8, 4) is 11.1 Å². The lowest BCUT2D eigenvalue weighted by atomic mass is 9.65. The SMILES string of the molecule is CC1(CNC(=O)c2ccccc2-c2ccc(C(C)(C)C)cc2)CCC(C)(C(=O)O)CC1. The van der Waals surface area contributed by atoms with Crippen LogP contribution in [0.15, 0.2) is 48.5 Å². The van der Waals surface area contributed by atoms with E-state index < -0.39 is 11.4 Å². The summed E-state index contributed by atoms with van der Waals surface area (Å²) in [7, 11) is 0. The largest absolute Gasteiger partial charge is 0.481 e. The third-order valence-electron chi connectivity index (χ3n) is 6.99. The first kappa shape index (κ1) is 23.1. The van der Waals surface area contributed by atoms with Crippen LogP contribution in [0.2, 0.25) is 0 Å². The number of carboxylic acid groups (broad SMARTS) is 1. The highest BCUT2D eigenvalue weighted by Crippen LogP contribution is 2.45. The van der Waals surface area contributed by atoms with Crippen molar-refractivity contribution in [2.45, 2.75) is 65.7 Å². The maximum absolute atomic E-state index is 13.1. The lowest BCUT2D eigenvalue weighted by Crippen LogP contribution is -2.42. The zero-order chi connectivity index (χ0) is 22.9. The van der Waals surface area contributed by atoms with E-state index in [4.69, 9.17) is 0 Å². The lowest BCUT2D eigenvalue weighted by Gasteiger charge is -2.41. The zero-order valence-corrected chi connectivity index (χ0v) is 19.4. The minimum Gasteiger partial charge on any atom is -0.481 e. The predicted octanol–water partition coefficient (Wildman–Crippen LogP) is 6.05. The first-order valence-electron chi connectivity index (χ1n) is 11.2. The van der Waals surface area contributed by atoms with E-state index >= 15 is 0 Å². The fraction of sp³-hybridized carbons (Fsp3) is 0.481. The van der Waals surface area contributed by atoms with E-state index in [1.54, 1.807) is 0 Å². The highest BCUT2D eigenvalue weighted by atomic mass is 16.4. The maximum atomic E-state index is 13.1. The molecule has 1 aliphatic rings. The van der Waals surface area contributed by atoms with Gasteiger partial charge in [0.25, 0.3) is 5.91 Å². The Labute approximate surface area is 186 Å². The van der Waals surface area contributed by atoms with Crippen LogP contribution >= 0.6 is 0 Å². The van der Waals surface area contributed by atoms with Crippen LogP contribution in [0.3, 0.4) is 0 Å². The highest BCUT2D eigenvalue weighted by Gasteiger charge is 2.42. The standard InChI is InChI=1S/C27H35NO3/c1-25(2,3)20-12-10-19(11-13-20)21-8-6-7-9-22(21)23(29)28-18-26(4)14-16-27(5,17-15-26)24(30)31/h6-13H,14-18H2,1-5H3,(H,28,29)(H,30,31). The minimum atomic E-state index is -0.718. The van der Waals surface area contributed by atoms with Crippen LogP contribution in [0, 0.1) is 10.8 Å². The number of rotatable bonds is 5. The van der Waals surface area contributed by atoms with Crippen molar-refractivity contribution in [2.75, 3.05) is 6.54 Å². The first-order chi connectivity index (χ1) is 14.4. The molecule has 4 nitrogen and oxygen atoms in total. The van der Waals surface area contributed by atoms with Gasteiger partial charge < -0.3 is 10.4 Å². The second-order valence-corrected chi connectivity index (χ2v) is 10.7. The highest BCUT2D eigenvalue weighted by molar-refractivity contribution is 6.00. The summed E-state index contributed by atoms with van der Waals surface area (Å²) in [4.78, 5) is 24.6. The van der Waals surface area contributed by atoms with Crippen LogP contribution in [-0.4, -0.2) is 23.5 Å². The van der Waals surface area contributed by atoms with Crippen molar-refractivity contribution in [1.82, 2.24) is 5.32 Å². The summed E-state index contributed by atoms with van der Waals surface area (Å²) in [6.07, 6.45) is 2.88. The van der Waals surface area contributed by atoms with Gasteiger partial charge in [-0.2, -0.15) is 0 Å². The average molecular weight is 422 g/mol. The summed E-state index contributed by atoms with van der Waals surface area (Å²) in [5.74, 6) is -0.798. The van der Waals surface area contributed by atoms with Gasteiger partial charge in [0.15, 0.2) is 0 Å². The second kappa shape index (κ2) is 8.49. The second-order valence-electron chi connectivity index (χ2n) is 10.7. The molecule has 31 heavy (non-hydrogen) atoms. The Hall–Kier alpha value is -2.62. The normalized spacial score (nSPS) is 23.9. The summed E-state index contributed by atoms with van der Waals surface area (Å²) in [6, 6.07) is 16.1. The van der Waals surface area contributed by atoms with Crippen LogP contribution in [0.5, 0.6) is 0 Å². The molecule has 0 saturated heterocycles. The van der Waals surface area contributed by atoms with Crippen LogP contribution in [0.25, 0.3) is 11.1 Å². The molecule has 1 fully saturated rings. The van der Waals surface area contributed by atoms with Crippen molar-refractivity contribution in [3.05, 3.63) is 59.7 Å². The van der Waals surface area contributed by atoms with E-state index in [2.05, 4.69) is 57.3 Å². The fourth-order valence-corrected chi connectivity index (χ4v) is 4.27. The van der Waals surface area contributed by atoms with E-state index in [9.17, 15) is 14.7 Å². The van der Waals surface area contributed by atoms with Gasteiger partial charge in [-0.05, 0) is 66.2 Å². The van der Waals surface area contributed by atoms with Crippen LogP contribution < -0.4 is 5.32 Å². The van der Waals surface area contributed by atoms with Crippen molar-refractivity contribution < 1.29 is 14.7 Å². The molecule has 166 valence electrons. The molecular formula is C27H35NO3. The van der Waals surface area contributed by atoms with Crippen molar-refractivity contribution in [3.63, 3.8) is 0 Å². The molecule has 0 aliphatic heterocycles. The molecule has 0 heterocycles. The Kier molecular flexibility index (Phi) is 6.31. The van der Waals surface area contributed by atoms with Gasteiger partial charge in [0, 0.05) is 12.1 Å². The maximum Gasteiger partial charge on any atom is 0.309 e. The first-order valence-corrected chi connectivity index (χ1v) is 11.2. The fourth-order valence-electron chi connectivity index (χ4n) is 4.27. The topological polar surface area (TPSA) is 66.4 Å². The van der Waals surface area contributed by atoms with E-state index in [-0.39, 0.29) is 16.7 Å². The molecule has 0 aromatic heterocycles. The van der Waals surface area contributed by atoms with Gasteiger partial charge in [-0.1, -0.05) is 70.2 Å². The van der Waals surface area contributed by atoms with Gasteiger partial charge in [-0.15, -0.1) is 0 Å². The summed E-state index contributed by atoms with van der Waals surface area (Å²) < 4.78 is 0. The number of carboxylic acids is 1. The van der Waals surface area contributed by atoms with Crippen LogP contribution in [-0.2, 0) is 10.2 Å². The Morgan fingerprint density at radius 2 is 1.52 bits per heavy atom. The number of carbonyl (C=O) groups excluding carboxylic acids is 1. The molecule has 1 amide bonds. The number of carbonyl (C=O) groups is 2. The number of nitrogens with one attached hydrogen (secondary N) is 1. The Morgan fingerprint density at radius 3 is 2.06 bits per heavy atom. The molecule has 0 radical (unpaired) electrons. The third kappa shape index (κ3) is 5.17. The van der Waals surface area contributed by atoms with E-state index in [1.165, 1.54) is 5.56 Å². The zero-order valence-electron chi connectivity index (χ0n) is 19.4. The molecule has 4 heteroatoms. The van der Waals surface area contributed by atoms with Crippen LogP contribution in [0.4, 0.5) is 0 Å². The predicted molar refractivity (Wildman–Crippen MR) is 125 cm³/mol. The lowest BCUT2D eigenvalue weighted by molar-refractivity contribution is -0.151. The molecule has 2 aromatic rings. The van der Waals surface area contributed by atoms with E-state index in [0.717, 1.165) is 24.0 Å². The Bertz CT molecular complexity index is 945. The molecule has 0 spiro atoms. The minimum absolute atomic E-state index is 0.0755. The average Bonchev–Trinajstić information content (AvgIpc) is 2.74. The molecular weight excluding hydrogens is 386 g/mol. The summed E-state index contributed by atoms with van der Waals surface area (Å²) in [6.45, 7) is 11.1. The molecule has 2 N–H and O–H groups in total. The summed E-state index contributed by atoms with van der Waals surface area (Å²) >= 11 is 0. The van der Waals surface area contributed by atoms with E-state index in [1.807, 2.05) is 31.2 Å². The van der Waals surface area contributed by atoms with Crippen molar-refractivity contribution in [1.29, 1.82) is 0 Å². The van der Waals surface area contributed by atoms with E-state index in [0.29, 0.717) is 24.9 Å². The number of benzene rings is 2. The Morgan fingerprint density at radius 1 is 0.935 bits per heavy atom. The number of hydrogen-bond acceptors (Lipinski definition) is 2. The molecule has 1 saturated carbocycles. The summed E-state index contributed by atoms with van der Waals surface area (Å²) in [5.41, 5.74) is 3.25. The van der Waals surface area contributed by atoms with Crippen LogP contribution in [0.1, 0.15) is 76.2 Å². The monoisotopic (exact) mass is 421 g/mol. The molecule has 1 aliphatic carbocycles. The van der Waals surface area contributed by atoms with Gasteiger partial charge in [0.2, 0.25) is 0 Å². The quantitative estimate of drug-likeness (QED) is 0.617. The van der Waals surface area contributed by atoms with Gasteiger partial charge >= 0.3 is 5.97 Å². The molecule has 3 rings (SSSR count). The Balaban J connectivity index is 1.72. The third-order valence-corrected chi connectivity index (χ3v) is 6.99. The number of aliphatic carboxylic acids is 1.